The molecule has 0 bridgehead atoms. The lowest BCUT2D eigenvalue weighted by molar-refractivity contribution is 1.15. The van der Waals surface area contributed by atoms with Gasteiger partial charge in [-0.15, -0.1) is 11.3 Å². The minimum atomic E-state index is 0.606. The Morgan fingerprint density at radius 3 is 2.64 bits per heavy atom. The number of hydrogen-bond acceptors (Lipinski definition) is 4. The second kappa shape index (κ2) is 8.33. The van der Waals surface area contributed by atoms with Crippen LogP contribution >= 0.6 is 34.7 Å². The largest absolute Gasteiger partial charge is 0.330 e. The zero-order chi connectivity index (χ0) is 8.53. The van der Waals surface area contributed by atoms with Gasteiger partial charge in [0.15, 0.2) is 4.47 Å². The lowest BCUT2D eigenvalue weighted by Crippen LogP contribution is -1.99. The van der Waals surface area contributed by atoms with Crippen molar-refractivity contribution in [3.05, 3.63) is 16.0 Å². The van der Waals surface area contributed by atoms with Gasteiger partial charge < -0.3 is 5.73 Å². The fraction of sp³-hybridized carbons (Fsp3) is 0.500. The Morgan fingerprint density at radius 1 is 1.82 bits per heavy atom. The first-order valence-electron chi connectivity index (χ1n) is 3.05. The molecule has 0 spiro atoms. The molecule has 1 rings (SSSR count). The molecule has 2 nitrogen and oxygen atoms in total. The van der Waals surface area contributed by atoms with Crippen LogP contribution in [0.3, 0.4) is 0 Å². The van der Waals surface area contributed by atoms with Crippen molar-refractivity contribution in [2.45, 2.75) is 0 Å². The van der Waals surface area contributed by atoms with Crippen LogP contribution in [0.25, 0.3) is 0 Å². The number of rotatable bonds is 2. The molecular formula is C6H11ClN2S2. The van der Waals surface area contributed by atoms with E-state index in [0.717, 1.165) is 12.3 Å². The van der Waals surface area contributed by atoms with E-state index in [-0.39, 0.29) is 0 Å². The van der Waals surface area contributed by atoms with E-state index >= 15 is 0 Å². The zero-order valence-electron chi connectivity index (χ0n) is 6.29. The summed E-state index contributed by atoms with van der Waals surface area (Å²) in [6.07, 6.45) is 3.72. The summed E-state index contributed by atoms with van der Waals surface area (Å²) < 4.78 is 0.606. The molecule has 0 amide bonds. The maximum absolute atomic E-state index is 5.36. The molecule has 0 atom stereocenters. The van der Waals surface area contributed by atoms with Crippen molar-refractivity contribution in [2.75, 3.05) is 18.6 Å². The van der Waals surface area contributed by atoms with E-state index in [1.54, 1.807) is 18.0 Å². The molecule has 0 fully saturated rings. The van der Waals surface area contributed by atoms with Crippen molar-refractivity contribution < 1.29 is 0 Å². The van der Waals surface area contributed by atoms with Gasteiger partial charge in [-0.05, 0) is 6.26 Å². The third kappa shape index (κ3) is 8.13. The molecular weight excluding hydrogens is 200 g/mol. The lowest BCUT2D eigenvalue weighted by Gasteiger charge is -1.80. The van der Waals surface area contributed by atoms with E-state index in [4.69, 9.17) is 17.3 Å². The maximum atomic E-state index is 5.36. The van der Waals surface area contributed by atoms with Gasteiger partial charge >= 0.3 is 0 Å². The summed E-state index contributed by atoms with van der Waals surface area (Å²) in [5.41, 5.74) is 5.12. The topological polar surface area (TPSA) is 38.9 Å². The minimum absolute atomic E-state index is 0.606. The summed E-state index contributed by atoms with van der Waals surface area (Å²) in [7, 11) is 0. The smallest absolute Gasteiger partial charge is 0.183 e. The van der Waals surface area contributed by atoms with Gasteiger partial charge in [-0.1, -0.05) is 11.6 Å². The number of aromatic nitrogens is 1. The molecule has 2 N–H and O–H groups in total. The Kier molecular flexibility index (Phi) is 8.50. The van der Waals surface area contributed by atoms with Gasteiger partial charge in [0.05, 0.1) is 0 Å². The first-order valence-corrected chi connectivity index (χ1v) is 5.70. The van der Waals surface area contributed by atoms with Gasteiger partial charge in [0.25, 0.3) is 0 Å². The van der Waals surface area contributed by atoms with Crippen LogP contribution in [-0.2, 0) is 0 Å². The number of halogens is 1. The summed E-state index contributed by atoms with van der Waals surface area (Å²) in [6, 6.07) is 0. The molecule has 64 valence electrons. The fourth-order valence-electron chi connectivity index (χ4n) is 0.324. The summed E-state index contributed by atoms with van der Waals surface area (Å²) in [6.45, 7) is 0.807. The van der Waals surface area contributed by atoms with Crippen LogP contribution in [0.1, 0.15) is 0 Å². The number of nitrogens with zero attached hydrogens (tertiary/aromatic N) is 1. The molecule has 1 aromatic rings. The molecule has 11 heavy (non-hydrogen) atoms. The molecule has 0 aliphatic rings. The van der Waals surface area contributed by atoms with Gasteiger partial charge in [0.2, 0.25) is 0 Å². The first-order chi connectivity index (χ1) is 5.31. The Hall–Kier alpha value is 0.230. The standard InChI is InChI=1S/C3H2ClNS.C3H9NS/c4-3-5-1-2-6-3;1-5-3-2-4/h1-2H;2-4H2,1H3. The Morgan fingerprint density at radius 2 is 2.55 bits per heavy atom. The van der Waals surface area contributed by atoms with Gasteiger partial charge in [-0.2, -0.15) is 11.8 Å². The van der Waals surface area contributed by atoms with Crippen molar-refractivity contribution in [2.24, 2.45) is 5.73 Å². The van der Waals surface area contributed by atoms with E-state index in [9.17, 15) is 0 Å². The zero-order valence-corrected chi connectivity index (χ0v) is 8.68. The number of hydrogen-bond donors (Lipinski definition) is 1. The van der Waals surface area contributed by atoms with Crippen molar-refractivity contribution in [3.63, 3.8) is 0 Å². The highest BCUT2D eigenvalue weighted by molar-refractivity contribution is 7.98. The van der Waals surface area contributed by atoms with Crippen LogP contribution in [0.2, 0.25) is 4.47 Å². The van der Waals surface area contributed by atoms with E-state index in [2.05, 4.69) is 4.98 Å². The molecule has 1 heterocycles. The fourth-order valence-corrected chi connectivity index (χ4v) is 1.13. The third-order valence-electron chi connectivity index (χ3n) is 0.724. The van der Waals surface area contributed by atoms with Crippen molar-refractivity contribution in [1.82, 2.24) is 4.98 Å². The van der Waals surface area contributed by atoms with E-state index < -0.39 is 0 Å². The molecule has 0 radical (unpaired) electrons. The van der Waals surface area contributed by atoms with Crippen LogP contribution in [0.15, 0.2) is 11.6 Å². The highest BCUT2D eigenvalue weighted by Gasteiger charge is 1.79. The molecule has 0 aliphatic carbocycles. The Labute approximate surface area is 80.2 Å². The van der Waals surface area contributed by atoms with Crippen LogP contribution in [0.4, 0.5) is 0 Å². The third-order valence-corrected chi connectivity index (χ3v) is 2.29. The van der Waals surface area contributed by atoms with Crippen molar-refractivity contribution in [3.8, 4) is 0 Å². The van der Waals surface area contributed by atoms with Gasteiger partial charge in [0, 0.05) is 23.9 Å². The second-order valence-electron chi connectivity index (χ2n) is 1.57. The molecule has 0 aliphatic heterocycles. The monoisotopic (exact) mass is 210 g/mol. The summed E-state index contributed by atoms with van der Waals surface area (Å²) in [5.74, 6) is 1.08. The van der Waals surface area contributed by atoms with Gasteiger partial charge in [-0.25, -0.2) is 4.98 Å². The van der Waals surface area contributed by atoms with Gasteiger partial charge in [0.1, 0.15) is 0 Å². The van der Waals surface area contributed by atoms with Crippen molar-refractivity contribution >= 4 is 34.7 Å². The molecule has 5 heteroatoms. The quantitative estimate of drug-likeness (QED) is 0.813. The number of nitrogens with two attached hydrogens (primary N) is 1. The van der Waals surface area contributed by atoms with Crippen LogP contribution in [0.5, 0.6) is 0 Å². The predicted molar refractivity (Wildman–Crippen MR) is 54.6 cm³/mol. The molecule has 0 saturated carbocycles. The van der Waals surface area contributed by atoms with E-state index in [1.165, 1.54) is 11.3 Å². The normalized spacial score (nSPS) is 8.64. The van der Waals surface area contributed by atoms with Gasteiger partial charge in [-0.3, -0.25) is 0 Å². The SMILES string of the molecule is CSCCN.Clc1nccs1. The van der Waals surface area contributed by atoms with Crippen molar-refractivity contribution in [1.29, 1.82) is 0 Å². The average molecular weight is 211 g/mol. The predicted octanol–water partition coefficient (Wildman–Crippen LogP) is 2.10. The van der Waals surface area contributed by atoms with Crippen LogP contribution in [0, 0.1) is 0 Å². The summed E-state index contributed by atoms with van der Waals surface area (Å²) in [5, 5.41) is 1.84. The second-order valence-corrected chi connectivity index (χ2v) is 4.03. The Balaban J connectivity index is 0.000000187. The average Bonchev–Trinajstić information content (AvgIpc) is 2.43. The molecule has 1 aromatic heterocycles. The molecule has 0 aromatic carbocycles. The van der Waals surface area contributed by atoms with E-state index in [1.807, 2.05) is 11.6 Å². The van der Waals surface area contributed by atoms with E-state index in [0.29, 0.717) is 4.47 Å². The number of thioether (sulfide) groups is 1. The number of thiazole rings is 1. The highest BCUT2D eigenvalue weighted by atomic mass is 35.5. The first kappa shape index (κ1) is 11.2. The minimum Gasteiger partial charge on any atom is -0.330 e. The molecule has 0 unspecified atom stereocenters. The summed E-state index contributed by atoms with van der Waals surface area (Å²) in [4.78, 5) is 3.70. The van der Waals surface area contributed by atoms with Crippen LogP contribution < -0.4 is 5.73 Å². The highest BCUT2D eigenvalue weighted by Crippen LogP contribution is 2.08. The maximum Gasteiger partial charge on any atom is 0.183 e. The Bertz CT molecular complexity index is 154. The lowest BCUT2D eigenvalue weighted by atomic mass is 10.8. The molecule has 0 saturated heterocycles. The summed E-state index contributed by atoms with van der Waals surface area (Å²) >= 11 is 8.57. The van der Waals surface area contributed by atoms with Crippen LogP contribution in [-0.4, -0.2) is 23.5 Å².